The highest BCUT2D eigenvalue weighted by Crippen LogP contribution is 2.48. The Morgan fingerprint density at radius 3 is 2.34 bits per heavy atom. The minimum Gasteiger partial charge on any atom is -0.256 e. The molecule has 5 heteroatoms. The molecule has 2 aromatic rings. The van der Waals surface area contributed by atoms with Crippen molar-refractivity contribution in [2.45, 2.75) is 50.9 Å². The molecular weight excluding hydrogens is 380 g/mol. The number of nitrogens with zero attached hydrogens (tertiary/aromatic N) is 2. The maximum Gasteiger partial charge on any atom is 0.303 e. The molecule has 0 saturated heterocycles. The molecule has 0 N–H and O–H groups in total. The third kappa shape index (κ3) is 3.82. The third-order valence-corrected chi connectivity index (χ3v) is 8.52. The molecule has 29 heavy (non-hydrogen) atoms. The highest BCUT2D eigenvalue weighted by atomic mass is 32.2. The number of rotatable bonds is 5. The average molecular weight is 413 g/mol. The van der Waals surface area contributed by atoms with Crippen LogP contribution in [0.15, 0.2) is 48.5 Å². The van der Waals surface area contributed by atoms with Crippen LogP contribution in [0.4, 0.5) is 5.69 Å². The van der Waals surface area contributed by atoms with Gasteiger partial charge in [0.1, 0.15) is 0 Å². The molecule has 156 valence electrons. The summed E-state index contributed by atoms with van der Waals surface area (Å²) in [7, 11) is -0.282. The van der Waals surface area contributed by atoms with Gasteiger partial charge in [-0.25, -0.2) is 0 Å². The second kappa shape index (κ2) is 7.77. The fourth-order valence-electron chi connectivity index (χ4n) is 5.14. The molecule has 1 heterocycles. The molecule has 4 rings (SSSR count). The standard InChI is InChI=1S/C24H32N2O2S/c1-24(17-19-10-6-4-7-11-19)18-26(29(27,28)25(2)3)23-15-14-21(16-22(23)24)20-12-8-5-9-13-20/h5,8-9,12-16,19H,4,6-7,10-11,17-18H2,1-3H3. The summed E-state index contributed by atoms with van der Waals surface area (Å²) < 4.78 is 29.1. The van der Waals surface area contributed by atoms with E-state index in [0.29, 0.717) is 12.5 Å². The summed E-state index contributed by atoms with van der Waals surface area (Å²) in [5.41, 5.74) is 4.18. The highest BCUT2D eigenvalue weighted by Gasteiger charge is 2.45. The Morgan fingerprint density at radius 1 is 1.00 bits per heavy atom. The maximum absolute atomic E-state index is 13.1. The Labute approximate surface area is 175 Å². The summed E-state index contributed by atoms with van der Waals surface area (Å²) in [5.74, 6) is 0.684. The van der Waals surface area contributed by atoms with E-state index in [1.165, 1.54) is 47.5 Å². The Bertz CT molecular complexity index is 966. The normalized spacial score (nSPS) is 22.8. The van der Waals surface area contributed by atoms with Crippen LogP contribution in [0.25, 0.3) is 11.1 Å². The monoisotopic (exact) mass is 412 g/mol. The van der Waals surface area contributed by atoms with Crippen molar-refractivity contribution in [3.63, 3.8) is 0 Å². The molecule has 0 amide bonds. The maximum atomic E-state index is 13.1. The molecular formula is C24H32N2O2S. The van der Waals surface area contributed by atoms with Gasteiger partial charge in [-0.3, -0.25) is 4.31 Å². The summed E-state index contributed by atoms with van der Waals surface area (Å²) in [5, 5.41) is 0. The predicted molar refractivity (Wildman–Crippen MR) is 120 cm³/mol. The van der Waals surface area contributed by atoms with Gasteiger partial charge in [0.2, 0.25) is 0 Å². The van der Waals surface area contributed by atoms with Crippen LogP contribution in [0, 0.1) is 5.92 Å². The third-order valence-electron chi connectivity index (χ3n) is 6.72. The first kappa shape index (κ1) is 20.4. The van der Waals surface area contributed by atoms with E-state index in [2.05, 4.69) is 31.2 Å². The number of hydrogen-bond acceptors (Lipinski definition) is 2. The van der Waals surface area contributed by atoms with Gasteiger partial charge in [0.25, 0.3) is 0 Å². The zero-order chi connectivity index (χ0) is 20.6. The molecule has 4 nitrogen and oxygen atoms in total. The first-order valence-electron chi connectivity index (χ1n) is 10.7. The predicted octanol–water partition coefficient (Wildman–Crippen LogP) is 5.21. The average Bonchev–Trinajstić information content (AvgIpc) is 3.02. The van der Waals surface area contributed by atoms with Gasteiger partial charge in [-0.05, 0) is 41.2 Å². The second-order valence-corrected chi connectivity index (χ2v) is 11.2. The van der Waals surface area contributed by atoms with Gasteiger partial charge in [-0.2, -0.15) is 12.7 Å². The molecule has 0 bridgehead atoms. The Balaban J connectivity index is 1.78. The van der Waals surface area contributed by atoms with Crippen LogP contribution < -0.4 is 4.31 Å². The van der Waals surface area contributed by atoms with Crippen LogP contribution in [0.2, 0.25) is 0 Å². The van der Waals surface area contributed by atoms with E-state index in [0.717, 1.165) is 17.7 Å². The minimum atomic E-state index is -3.51. The Hall–Kier alpha value is -1.85. The van der Waals surface area contributed by atoms with Crippen molar-refractivity contribution in [2.24, 2.45) is 5.92 Å². The quantitative estimate of drug-likeness (QED) is 0.676. The summed E-state index contributed by atoms with van der Waals surface area (Å²) in [4.78, 5) is 0. The van der Waals surface area contributed by atoms with Crippen molar-refractivity contribution in [1.29, 1.82) is 0 Å². The first-order chi connectivity index (χ1) is 13.8. The largest absolute Gasteiger partial charge is 0.303 e. The summed E-state index contributed by atoms with van der Waals surface area (Å²) >= 11 is 0. The molecule has 1 aliphatic heterocycles. The van der Waals surface area contributed by atoms with E-state index in [1.807, 2.05) is 24.3 Å². The van der Waals surface area contributed by atoms with Crippen molar-refractivity contribution in [2.75, 3.05) is 24.9 Å². The molecule has 1 aliphatic carbocycles. The fourth-order valence-corrected chi connectivity index (χ4v) is 6.39. The van der Waals surface area contributed by atoms with Crippen LogP contribution in [-0.4, -0.2) is 33.4 Å². The molecule has 1 atom stereocenters. The molecule has 1 unspecified atom stereocenters. The van der Waals surface area contributed by atoms with E-state index in [-0.39, 0.29) is 5.41 Å². The summed E-state index contributed by atoms with van der Waals surface area (Å²) in [6.07, 6.45) is 7.53. The van der Waals surface area contributed by atoms with Gasteiger partial charge < -0.3 is 0 Å². The van der Waals surface area contributed by atoms with E-state index in [4.69, 9.17) is 0 Å². The molecule has 0 spiro atoms. The lowest BCUT2D eigenvalue weighted by molar-refractivity contribution is 0.278. The van der Waals surface area contributed by atoms with Crippen LogP contribution in [0.1, 0.15) is 51.0 Å². The minimum absolute atomic E-state index is 0.161. The molecule has 0 radical (unpaired) electrons. The zero-order valence-electron chi connectivity index (χ0n) is 17.8. The van der Waals surface area contributed by atoms with Gasteiger partial charge in [0.05, 0.1) is 5.69 Å². The second-order valence-electron chi connectivity index (χ2n) is 9.16. The lowest BCUT2D eigenvalue weighted by Gasteiger charge is -2.33. The van der Waals surface area contributed by atoms with Crippen molar-refractivity contribution in [3.05, 3.63) is 54.1 Å². The molecule has 0 aromatic heterocycles. The lowest BCUT2D eigenvalue weighted by Crippen LogP contribution is -2.42. The van der Waals surface area contributed by atoms with Crippen molar-refractivity contribution >= 4 is 15.9 Å². The van der Waals surface area contributed by atoms with Crippen LogP contribution in [-0.2, 0) is 15.6 Å². The van der Waals surface area contributed by atoms with Crippen LogP contribution in [0.3, 0.4) is 0 Å². The number of fused-ring (bicyclic) bond motifs is 1. The van der Waals surface area contributed by atoms with Gasteiger partial charge in [0.15, 0.2) is 0 Å². The van der Waals surface area contributed by atoms with E-state index >= 15 is 0 Å². The lowest BCUT2D eigenvalue weighted by atomic mass is 9.72. The summed E-state index contributed by atoms with van der Waals surface area (Å²) in [6.45, 7) is 2.79. The van der Waals surface area contributed by atoms with E-state index in [9.17, 15) is 8.42 Å². The summed E-state index contributed by atoms with van der Waals surface area (Å²) in [6, 6.07) is 16.6. The van der Waals surface area contributed by atoms with Crippen molar-refractivity contribution in [3.8, 4) is 11.1 Å². The number of anilines is 1. The smallest absolute Gasteiger partial charge is 0.256 e. The topological polar surface area (TPSA) is 40.6 Å². The molecule has 2 aromatic carbocycles. The number of hydrogen-bond donors (Lipinski definition) is 0. The molecule has 2 aliphatic rings. The fraction of sp³-hybridized carbons (Fsp3) is 0.500. The first-order valence-corrected chi connectivity index (χ1v) is 12.1. The molecule has 1 fully saturated rings. The molecule has 1 saturated carbocycles. The van der Waals surface area contributed by atoms with Crippen molar-refractivity contribution in [1.82, 2.24) is 4.31 Å². The van der Waals surface area contributed by atoms with E-state index < -0.39 is 10.2 Å². The van der Waals surface area contributed by atoms with E-state index in [1.54, 1.807) is 18.4 Å². The van der Waals surface area contributed by atoms with Crippen molar-refractivity contribution < 1.29 is 8.42 Å². The van der Waals surface area contributed by atoms with Crippen LogP contribution >= 0.6 is 0 Å². The number of benzene rings is 2. The van der Waals surface area contributed by atoms with Gasteiger partial charge in [-0.15, -0.1) is 0 Å². The van der Waals surface area contributed by atoms with Gasteiger partial charge in [0, 0.05) is 26.1 Å². The Kier molecular flexibility index (Phi) is 5.47. The van der Waals surface area contributed by atoms with Gasteiger partial charge in [-0.1, -0.05) is 75.4 Å². The highest BCUT2D eigenvalue weighted by molar-refractivity contribution is 7.90. The SMILES string of the molecule is CN(C)S(=O)(=O)N1CC(C)(CC2CCCCC2)c2cc(-c3ccccc3)ccc21. The zero-order valence-corrected chi connectivity index (χ0v) is 18.6. The van der Waals surface area contributed by atoms with Crippen LogP contribution in [0.5, 0.6) is 0 Å². The van der Waals surface area contributed by atoms with Gasteiger partial charge >= 0.3 is 10.2 Å². The Morgan fingerprint density at radius 2 is 1.69 bits per heavy atom.